The van der Waals surface area contributed by atoms with Gasteiger partial charge in [0.1, 0.15) is 0 Å². The molecule has 0 aliphatic carbocycles. The van der Waals surface area contributed by atoms with Gasteiger partial charge in [0.05, 0.1) is 5.92 Å². The van der Waals surface area contributed by atoms with Crippen LogP contribution in [0.4, 0.5) is 5.69 Å². The second kappa shape index (κ2) is 9.36. The van der Waals surface area contributed by atoms with Gasteiger partial charge in [0.15, 0.2) is 0 Å². The molecule has 6 heteroatoms. The van der Waals surface area contributed by atoms with Crippen molar-refractivity contribution in [3.63, 3.8) is 0 Å². The summed E-state index contributed by atoms with van der Waals surface area (Å²) >= 11 is 0. The van der Waals surface area contributed by atoms with Crippen LogP contribution in [0, 0.1) is 0 Å². The Morgan fingerprint density at radius 1 is 1.00 bits per heavy atom. The van der Waals surface area contributed by atoms with E-state index >= 15 is 0 Å². The van der Waals surface area contributed by atoms with Crippen molar-refractivity contribution in [1.29, 1.82) is 0 Å². The normalized spacial score (nSPS) is 14.4. The standard InChI is InChI=1S/C20H23N3O2.ClH/c21-14-18(15-6-2-1-3-7-15)19(24)22-17-10-8-16(9-11-17)20(25)23-12-4-5-13-23;/h1-3,6-11,18H,4-5,12-14,21H2,(H,22,24);1H. The maximum Gasteiger partial charge on any atom is 0.253 e. The molecule has 0 spiro atoms. The molecule has 0 radical (unpaired) electrons. The van der Waals surface area contributed by atoms with Crippen molar-refractivity contribution in [2.45, 2.75) is 18.8 Å². The summed E-state index contributed by atoms with van der Waals surface area (Å²) in [5.41, 5.74) is 7.99. The largest absolute Gasteiger partial charge is 0.339 e. The molecule has 5 nitrogen and oxygen atoms in total. The van der Waals surface area contributed by atoms with Gasteiger partial charge in [0, 0.05) is 30.9 Å². The summed E-state index contributed by atoms with van der Waals surface area (Å²) in [7, 11) is 0. The maximum atomic E-state index is 12.5. The molecular weight excluding hydrogens is 350 g/mol. The average molecular weight is 374 g/mol. The van der Waals surface area contributed by atoms with E-state index in [4.69, 9.17) is 5.73 Å². The molecule has 26 heavy (non-hydrogen) atoms. The Morgan fingerprint density at radius 3 is 2.19 bits per heavy atom. The molecule has 1 aliphatic heterocycles. The number of nitrogens with one attached hydrogen (secondary N) is 1. The van der Waals surface area contributed by atoms with Crippen molar-refractivity contribution in [1.82, 2.24) is 4.90 Å². The highest BCUT2D eigenvalue weighted by Crippen LogP contribution is 2.19. The van der Waals surface area contributed by atoms with Crippen LogP contribution in [0.1, 0.15) is 34.7 Å². The maximum absolute atomic E-state index is 12.5. The van der Waals surface area contributed by atoms with E-state index in [1.165, 1.54) is 0 Å². The summed E-state index contributed by atoms with van der Waals surface area (Å²) in [4.78, 5) is 26.7. The van der Waals surface area contributed by atoms with Crippen LogP contribution in [0.25, 0.3) is 0 Å². The van der Waals surface area contributed by atoms with Crippen LogP contribution in [0.2, 0.25) is 0 Å². The second-order valence-electron chi connectivity index (χ2n) is 6.26. The van der Waals surface area contributed by atoms with E-state index in [1.54, 1.807) is 24.3 Å². The molecule has 1 heterocycles. The van der Waals surface area contributed by atoms with Gasteiger partial charge in [-0.25, -0.2) is 0 Å². The highest BCUT2D eigenvalue weighted by molar-refractivity contribution is 5.98. The minimum Gasteiger partial charge on any atom is -0.339 e. The summed E-state index contributed by atoms with van der Waals surface area (Å²) < 4.78 is 0. The molecule has 3 N–H and O–H groups in total. The van der Waals surface area contributed by atoms with Crippen LogP contribution in [-0.4, -0.2) is 36.3 Å². The molecule has 1 fully saturated rings. The fourth-order valence-corrected chi connectivity index (χ4v) is 3.11. The number of carbonyl (C=O) groups is 2. The van der Waals surface area contributed by atoms with Gasteiger partial charge in [-0.1, -0.05) is 30.3 Å². The van der Waals surface area contributed by atoms with Crippen molar-refractivity contribution in [3.05, 3.63) is 65.7 Å². The zero-order valence-corrected chi connectivity index (χ0v) is 15.4. The van der Waals surface area contributed by atoms with Crippen LogP contribution in [0.15, 0.2) is 54.6 Å². The van der Waals surface area contributed by atoms with E-state index in [9.17, 15) is 9.59 Å². The zero-order chi connectivity index (χ0) is 17.6. The van der Waals surface area contributed by atoms with E-state index < -0.39 is 5.92 Å². The predicted octanol–water partition coefficient (Wildman–Crippen LogP) is 3.03. The Hall–Kier alpha value is -2.37. The number of rotatable bonds is 5. The molecule has 2 aromatic carbocycles. The van der Waals surface area contributed by atoms with Gasteiger partial charge < -0.3 is 16.0 Å². The minimum absolute atomic E-state index is 0. The zero-order valence-electron chi connectivity index (χ0n) is 14.6. The summed E-state index contributed by atoms with van der Waals surface area (Å²) in [6, 6.07) is 16.5. The van der Waals surface area contributed by atoms with Crippen LogP contribution < -0.4 is 11.1 Å². The highest BCUT2D eigenvalue weighted by atomic mass is 35.5. The number of likely N-dealkylation sites (tertiary alicyclic amines) is 1. The Morgan fingerprint density at radius 2 is 1.62 bits per heavy atom. The van der Waals surface area contributed by atoms with Crippen LogP contribution in [0.5, 0.6) is 0 Å². The monoisotopic (exact) mass is 373 g/mol. The van der Waals surface area contributed by atoms with Gasteiger partial charge >= 0.3 is 0 Å². The average Bonchev–Trinajstić information content (AvgIpc) is 3.18. The van der Waals surface area contributed by atoms with E-state index in [-0.39, 0.29) is 30.8 Å². The van der Waals surface area contributed by atoms with Crippen molar-refractivity contribution in [3.8, 4) is 0 Å². The van der Waals surface area contributed by atoms with Gasteiger partial charge in [0.2, 0.25) is 5.91 Å². The number of nitrogens with two attached hydrogens (primary N) is 1. The lowest BCUT2D eigenvalue weighted by Crippen LogP contribution is -2.28. The first kappa shape index (κ1) is 19.9. The van der Waals surface area contributed by atoms with Gasteiger partial charge in [-0.3, -0.25) is 9.59 Å². The van der Waals surface area contributed by atoms with Crippen molar-refractivity contribution in [2.75, 3.05) is 25.0 Å². The summed E-state index contributed by atoms with van der Waals surface area (Å²) in [6.07, 6.45) is 2.14. The number of carbonyl (C=O) groups excluding carboxylic acids is 2. The van der Waals surface area contributed by atoms with E-state index in [0.717, 1.165) is 31.5 Å². The number of anilines is 1. The van der Waals surface area contributed by atoms with E-state index in [0.29, 0.717) is 11.3 Å². The Bertz CT molecular complexity index is 728. The first-order valence-electron chi connectivity index (χ1n) is 8.64. The van der Waals surface area contributed by atoms with Gasteiger partial charge in [0.25, 0.3) is 5.91 Å². The second-order valence-corrected chi connectivity index (χ2v) is 6.26. The third kappa shape index (κ3) is 4.62. The molecule has 2 aromatic rings. The number of nitrogens with zero attached hydrogens (tertiary/aromatic N) is 1. The molecule has 2 amide bonds. The number of hydrogen-bond donors (Lipinski definition) is 2. The topological polar surface area (TPSA) is 75.4 Å². The smallest absolute Gasteiger partial charge is 0.253 e. The quantitative estimate of drug-likeness (QED) is 0.845. The number of halogens is 1. The van der Waals surface area contributed by atoms with Gasteiger partial charge in [-0.2, -0.15) is 0 Å². The Labute approximate surface area is 160 Å². The molecule has 1 aliphatic rings. The van der Waals surface area contributed by atoms with E-state index in [2.05, 4.69) is 5.32 Å². The third-order valence-corrected chi connectivity index (χ3v) is 4.55. The third-order valence-electron chi connectivity index (χ3n) is 4.55. The van der Waals surface area contributed by atoms with Crippen molar-refractivity contribution < 1.29 is 9.59 Å². The fraction of sp³-hybridized carbons (Fsp3) is 0.300. The van der Waals surface area contributed by atoms with Crippen LogP contribution >= 0.6 is 12.4 Å². The number of amides is 2. The number of benzene rings is 2. The SMILES string of the molecule is Cl.NCC(C(=O)Nc1ccc(C(=O)N2CCCC2)cc1)c1ccccc1. The molecule has 138 valence electrons. The molecule has 0 saturated carbocycles. The first-order valence-corrected chi connectivity index (χ1v) is 8.64. The summed E-state index contributed by atoms with van der Waals surface area (Å²) in [6.45, 7) is 1.89. The Balaban J connectivity index is 0.00000243. The van der Waals surface area contributed by atoms with Crippen molar-refractivity contribution in [2.24, 2.45) is 5.73 Å². The van der Waals surface area contributed by atoms with Crippen LogP contribution in [0.3, 0.4) is 0 Å². The lowest BCUT2D eigenvalue weighted by molar-refractivity contribution is -0.117. The number of hydrogen-bond acceptors (Lipinski definition) is 3. The summed E-state index contributed by atoms with van der Waals surface area (Å²) in [5, 5.41) is 2.88. The molecule has 1 unspecified atom stereocenters. The van der Waals surface area contributed by atoms with E-state index in [1.807, 2.05) is 35.2 Å². The highest BCUT2D eigenvalue weighted by Gasteiger charge is 2.21. The molecule has 0 bridgehead atoms. The van der Waals surface area contributed by atoms with Gasteiger partial charge in [-0.15, -0.1) is 12.4 Å². The minimum atomic E-state index is -0.396. The first-order chi connectivity index (χ1) is 12.2. The molecule has 3 rings (SSSR count). The Kier molecular flexibility index (Phi) is 7.18. The molecule has 1 saturated heterocycles. The van der Waals surface area contributed by atoms with Crippen LogP contribution in [-0.2, 0) is 4.79 Å². The lowest BCUT2D eigenvalue weighted by Gasteiger charge is -2.17. The van der Waals surface area contributed by atoms with Crippen molar-refractivity contribution >= 4 is 29.9 Å². The fourth-order valence-electron chi connectivity index (χ4n) is 3.11. The lowest BCUT2D eigenvalue weighted by atomic mass is 9.98. The van der Waals surface area contributed by atoms with Gasteiger partial charge in [-0.05, 0) is 42.7 Å². The predicted molar refractivity (Wildman–Crippen MR) is 106 cm³/mol. The summed E-state index contributed by atoms with van der Waals surface area (Å²) in [5.74, 6) is -0.487. The molecule has 1 atom stereocenters. The molecule has 0 aromatic heterocycles. The molecular formula is C20H24ClN3O2.